The SMILES string of the molecule is CC(C)CCC[C@@H](C)[C@H]1CC[C@H]2[C@@H]3CC=C4C[C@](O)(I)CC[C@]4(C)[C@H]3CC[C@]12C. The summed E-state index contributed by atoms with van der Waals surface area (Å²) < 4.78 is -0.497. The number of hydrogen-bond donors (Lipinski definition) is 1. The zero-order valence-electron chi connectivity index (χ0n) is 19.6. The molecular weight excluding hydrogens is 467 g/mol. The van der Waals surface area contributed by atoms with E-state index in [-0.39, 0.29) is 0 Å². The lowest BCUT2D eigenvalue weighted by Gasteiger charge is -2.59. The highest BCUT2D eigenvalue weighted by Gasteiger charge is 2.59. The van der Waals surface area contributed by atoms with Crippen LogP contribution in [0.1, 0.15) is 105 Å². The van der Waals surface area contributed by atoms with Crippen LogP contribution in [0.15, 0.2) is 11.6 Å². The molecule has 3 fully saturated rings. The lowest BCUT2D eigenvalue weighted by molar-refractivity contribution is -0.0586. The first-order valence-corrected chi connectivity index (χ1v) is 13.8. The molecule has 0 spiro atoms. The number of alkyl halides is 1. The number of hydrogen-bond acceptors (Lipinski definition) is 1. The van der Waals surface area contributed by atoms with E-state index < -0.39 is 3.61 Å². The van der Waals surface area contributed by atoms with Crippen molar-refractivity contribution in [1.29, 1.82) is 0 Å². The Hall–Kier alpha value is 0.430. The Morgan fingerprint density at radius 3 is 2.52 bits per heavy atom. The van der Waals surface area contributed by atoms with Crippen molar-refractivity contribution in [2.45, 2.75) is 109 Å². The Morgan fingerprint density at radius 1 is 1.03 bits per heavy atom. The maximum atomic E-state index is 10.7. The average Bonchev–Trinajstić information content (AvgIpc) is 2.99. The van der Waals surface area contributed by atoms with E-state index in [2.05, 4.69) is 63.3 Å². The summed E-state index contributed by atoms with van der Waals surface area (Å²) in [6, 6.07) is 0. The minimum Gasteiger partial charge on any atom is -0.379 e. The maximum Gasteiger partial charge on any atom is 0.119 e. The minimum absolute atomic E-state index is 0.364. The monoisotopic (exact) mass is 512 g/mol. The van der Waals surface area contributed by atoms with E-state index >= 15 is 0 Å². The summed E-state index contributed by atoms with van der Waals surface area (Å²) in [7, 11) is 0. The van der Waals surface area contributed by atoms with Gasteiger partial charge in [0.1, 0.15) is 3.61 Å². The first kappa shape index (κ1) is 22.6. The van der Waals surface area contributed by atoms with E-state index in [1.165, 1.54) is 57.8 Å². The van der Waals surface area contributed by atoms with Crippen molar-refractivity contribution in [2.75, 3.05) is 0 Å². The molecule has 4 aliphatic carbocycles. The summed E-state index contributed by atoms with van der Waals surface area (Å²) in [4.78, 5) is 0. The van der Waals surface area contributed by atoms with Gasteiger partial charge in [-0.25, -0.2) is 0 Å². The van der Waals surface area contributed by atoms with E-state index in [1.54, 1.807) is 5.57 Å². The number of halogens is 1. The molecule has 1 nitrogen and oxygen atoms in total. The molecule has 0 radical (unpaired) electrons. The van der Waals surface area contributed by atoms with Crippen molar-refractivity contribution in [3.8, 4) is 0 Å². The van der Waals surface area contributed by atoms with E-state index in [9.17, 15) is 5.11 Å². The largest absolute Gasteiger partial charge is 0.379 e. The molecule has 0 heterocycles. The highest BCUT2D eigenvalue weighted by Crippen LogP contribution is 2.68. The molecule has 166 valence electrons. The van der Waals surface area contributed by atoms with Crippen LogP contribution in [0.25, 0.3) is 0 Å². The summed E-state index contributed by atoms with van der Waals surface area (Å²) >= 11 is 2.30. The fourth-order valence-corrected chi connectivity index (χ4v) is 9.31. The summed E-state index contributed by atoms with van der Waals surface area (Å²) in [6.45, 7) is 12.6. The fraction of sp³-hybridized carbons (Fsp3) is 0.926. The van der Waals surface area contributed by atoms with Crippen LogP contribution in [-0.2, 0) is 0 Å². The van der Waals surface area contributed by atoms with Gasteiger partial charge in [-0.2, -0.15) is 0 Å². The van der Waals surface area contributed by atoms with Gasteiger partial charge >= 0.3 is 0 Å². The van der Waals surface area contributed by atoms with Gasteiger partial charge < -0.3 is 5.11 Å². The second-order valence-corrected chi connectivity index (χ2v) is 14.4. The standard InChI is InChI=1S/C27H45IO/c1-18(2)7-6-8-19(3)22-11-12-23-21-10-9-20-17-27(28,29)16-15-25(20,4)24(21)13-14-26(22,23)5/h9,18-19,21-24,29H,6-8,10-17H2,1-5H3/t19-,21+,22-,23+,24+,25+,26-,27+/m1/s1. The van der Waals surface area contributed by atoms with Crippen LogP contribution < -0.4 is 0 Å². The topological polar surface area (TPSA) is 20.2 Å². The summed E-state index contributed by atoms with van der Waals surface area (Å²) in [5, 5.41) is 10.7. The van der Waals surface area contributed by atoms with Crippen molar-refractivity contribution in [1.82, 2.24) is 0 Å². The van der Waals surface area contributed by atoms with Crippen LogP contribution >= 0.6 is 22.6 Å². The molecule has 1 N–H and O–H groups in total. The number of fused-ring (bicyclic) bond motifs is 5. The van der Waals surface area contributed by atoms with Crippen LogP contribution in [0.5, 0.6) is 0 Å². The van der Waals surface area contributed by atoms with Gasteiger partial charge in [0.15, 0.2) is 0 Å². The molecule has 4 aliphatic rings. The van der Waals surface area contributed by atoms with Gasteiger partial charge in [-0.05, 0) is 114 Å². The van der Waals surface area contributed by atoms with Crippen LogP contribution in [0.4, 0.5) is 0 Å². The zero-order valence-corrected chi connectivity index (χ0v) is 21.8. The molecule has 8 atom stereocenters. The molecule has 29 heavy (non-hydrogen) atoms. The Labute approximate surface area is 194 Å². The Kier molecular flexibility index (Phi) is 6.31. The second-order valence-electron chi connectivity index (χ2n) is 12.4. The zero-order chi connectivity index (χ0) is 21.0. The number of aliphatic hydroxyl groups is 1. The second kappa shape index (κ2) is 8.09. The van der Waals surface area contributed by atoms with Crippen molar-refractivity contribution in [2.24, 2.45) is 46.3 Å². The summed E-state index contributed by atoms with van der Waals surface area (Å²) in [6.07, 6.45) is 17.1. The average molecular weight is 513 g/mol. The Morgan fingerprint density at radius 2 is 1.79 bits per heavy atom. The number of rotatable bonds is 5. The van der Waals surface area contributed by atoms with Crippen molar-refractivity contribution in [3.05, 3.63) is 11.6 Å². The Balaban J connectivity index is 1.50. The maximum absolute atomic E-state index is 10.7. The van der Waals surface area contributed by atoms with Crippen molar-refractivity contribution in [3.63, 3.8) is 0 Å². The first-order chi connectivity index (χ1) is 13.6. The molecule has 0 unspecified atom stereocenters. The Bertz CT molecular complexity index is 636. The van der Waals surface area contributed by atoms with Gasteiger partial charge in [0.05, 0.1) is 0 Å². The smallest absolute Gasteiger partial charge is 0.119 e. The van der Waals surface area contributed by atoms with E-state index in [0.717, 1.165) is 48.3 Å². The lowest BCUT2D eigenvalue weighted by atomic mass is 9.47. The third kappa shape index (κ3) is 4.00. The van der Waals surface area contributed by atoms with Crippen molar-refractivity contribution >= 4 is 22.6 Å². The number of allylic oxidation sites excluding steroid dienone is 1. The molecule has 0 aromatic rings. The molecule has 0 bridgehead atoms. The predicted octanol–water partition coefficient (Wildman–Crippen LogP) is 8.15. The van der Waals surface area contributed by atoms with Gasteiger partial charge in [-0.1, -0.05) is 65.5 Å². The van der Waals surface area contributed by atoms with Crippen LogP contribution in [-0.4, -0.2) is 8.71 Å². The van der Waals surface area contributed by atoms with E-state index in [4.69, 9.17) is 0 Å². The molecule has 0 saturated heterocycles. The molecular formula is C27H45IO. The van der Waals surface area contributed by atoms with Crippen LogP contribution in [0.2, 0.25) is 0 Å². The molecule has 3 saturated carbocycles. The normalized spacial score (nSPS) is 47.9. The third-order valence-electron chi connectivity index (χ3n) is 10.3. The van der Waals surface area contributed by atoms with E-state index in [1.807, 2.05) is 0 Å². The molecule has 0 aromatic carbocycles. The van der Waals surface area contributed by atoms with Gasteiger partial charge in [0.25, 0.3) is 0 Å². The lowest BCUT2D eigenvalue weighted by Crippen LogP contribution is -2.51. The predicted molar refractivity (Wildman–Crippen MR) is 132 cm³/mol. The minimum atomic E-state index is -0.497. The molecule has 0 aliphatic heterocycles. The quantitative estimate of drug-likeness (QED) is 0.224. The van der Waals surface area contributed by atoms with Gasteiger partial charge in [0.2, 0.25) is 0 Å². The summed E-state index contributed by atoms with van der Waals surface area (Å²) in [5.41, 5.74) is 2.55. The van der Waals surface area contributed by atoms with Crippen molar-refractivity contribution < 1.29 is 5.11 Å². The molecule has 2 heteroatoms. The van der Waals surface area contributed by atoms with Gasteiger partial charge in [0, 0.05) is 6.42 Å². The highest BCUT2D eigenvalue weighted by atomic mass is 127. The van der Waals surface area contributed by atoms with E-state index in [0.29, 0.717) is 10.8 Å². The molecule has 0 amide bonds. The first-order valence-electron chi connectivity index (χ1n) is 12.7. The summed E-state index contributed by atoms with van der Waals surface area (Å²) in [5.74, 6) is 5.40. The molecule has 0 aromatic heterocycles. The molecule has 4 rings (SSSR count). The van der Waals surface area contributed by atoms with Crippen LogP contribution in [0.3, 0.4) is 0 Å². The van der Waals surface area contributed by atoms with Gasteiger partial charge in [-0.15, -0.1) is 0 Å². The third-order valence-corrected chi connectivity index (χ3v) is 11.2. The van der Waals surface area contributed by atoms with Crippen LogP contribution in [0, 0.1) is 46.3 Å². The van der Waals surface area contributed by atoms with Gasteiger partial charge in [-0.3, -0.25) is 0 Å². The fourth-order valence-electron chi connectivity index (χ4n) is 8.63. The highest BCUT2D eigenvalue weighted by molar-refractivity contribution is 14.1.